The molecule has 0 atom stereocenters. The molecule has 0 unspecified atom stereocenters. The summed E-state index contributed by atoms with van der Waals surface area (Å²) in [7, 11) is 0. The number of anilines is 1. The van der Waals surface area contributed by atoms with Gasteiger partial charge in [0.1, 0.15) is 11.5 Å². The zero-order valence-electron chi connectivity index (χ0n) is 12.1. The fraction of sp³-hybridized carbons (Fsp3) is 0.400. The third kappa shape index (κ3) is 3.87. The summed E-state index contributed by atoms with van der Waals surface area (Å²) < 4.78 is 11.2. The van der Waals surface area contributed by atoms with Crippen LogP contribution in [-0.4, -0.2) is 18.2 Å². The molecule has 1 aromatic heterocycles. The largest absolute Gasteiger partial charge is 0.494 e. The van der Waals surface area contributed by atoms with Crippen molar-refractivity contribution in [1.82, 2.24) is 4.98 Å². The predicted molar refractivity (Wildman–Crippen MR) is 83.0 cm³/mol. The molecule has 0 aliphatic heterocycles. The van der Waals surface area contributed by atoms with Crippen LogP contribution in [0.4, 0.5) is 5.69 Å². The second-order valence-corrected chi connectivity index (χ2v) is 5.30. The fourth-order valence-electron chi connectivity index (χ4n) is 1.86. The molecule has 2 rings (SSSR count). The van der Waals surface area contributed by atoms with Gasteiger partial charge in [0, 0.05) is 11.4 Å². The third-order valence-corrected chi connectivity index (χ3v) is 3.51. The zero-order valence-corrected chi connectivity index (χ0v) is 12.9. The van der Waals surface area contributed by atoms with Gasteiger partial charge >= 0.3 is 0 Å². The number of hydrogen-bond acceptors (Lipinski definition) is 5. The number of hydrogen-bond donors (Lipinski definition) is 1. The van der Waals surface area contributed by atoms with E-state index in [4.69, 9.17) is 9.47 Å². The molecule has 0 radical (unpaired) electrons. The second kappa shape index (κ2) is 7.14. The van der Waals surface area contributed by atoms with Crippen LogP contribution in [0.25, 0.3) is 0 Å². The molecular formula is C15H20N2O2S. The first-order valence-corrected chi connectivity index (χ1v) is 7.65. The van der Waals surface area contributed by atoms with Crippen LogP contribution in [0.3, 0.4) is 0 Å². The van der Waals surface area contributed by atoms with Gasteiger partial charge in [0.2, 0.25) is 0 Å². The normalized spacial score (nSPS) is 10.3. The van der Waals surface area contributed by atoms with E-state index in [0.29, 0.717) is 19.8 Å². The Morgan fingerprint density at radius 2 is 2.00 bits per heavy atom. The van der Waals surface area contributed by atoms with E-state index in [1.807, 2.05) is 39.0 Å². The van der Waals surface area contributed by atoms with Crippen LogP contribution < -0.4 is 14.8 Å². The van der Waals surface area contributed by atoms with Gasteiger partial charge in [-0.2, -0.15) is 0 Å². The highest BCUT2D eigenvalue weighted by atomic mass is 32.1. The maximum atomic E-state index is 5.63. The molecule has 0 aliphatic rings. The summed E-state index contributed by atoms with van der Waals surface area (Å²) in [6.45, 7) is 7.93. The van der Waals surface area contributed by atoms with Gasteiger partial charge in [0.05, 0.1) is 36.1 Å². The molecule has 0 saturated heterocycles. The van der Waals surface area contributed by atoms with E-state index in [-0.39, 0.29) is 0 Å². The average Bonchev–Trinajstić information content (AvgIpc) is 2.85. The molecule has 4 nitrogen and oxygen atoms in total. The van der Waals surface area contributed by atoms with E-state index >= 15 is 0 Å². The predicted octanol–water partition coefficient (Wildman–Crippen LogP) is 3.86. The highest BCUT2D eigenvalue weighted by Gasteiger charge is 2.06. The van der Waals surface area contributed by atoms with Crippen molar-refractivity contribution in [2.75, 3.05) is 18.5 Å². The first-order chi connectivity index (χ1) is 9.72. The molecule has 0 bridgehead atoms. The van der Waals surface area contributed by atoms with Crippen LogP contribution in [-0.2, 0) is 6.54 Å². The van der Waals surface area contributed by atoms with Gasteiger partial charge in [0.15, 0.2) is 0 Å². The Balaban J connectivity index is 2.11. The molecule has 2 aromatic rings. The molecule has 0 aliphatic carbocycles. The number of rotatable bonds is 7. The molecule has 0 amide bonds. The minimum absolute atomic E-state index is 0.637. The van der Waals surface area contributed by atoms with Gasteiger partial charge in [0.25, 0.3) is 0 Å². The van der Waals surface area contributed by atoms with Gasteiger partial charge in [-0.25, -0.2) is 4.98 Å². The number of aryl methyl sites for hydroxylation is 1. The van der Waals surface area contributed by atoms with Crippen LogP contribution in [0.5, 0.6) is 11.5 Å². The van der Waals surface area contributed by atoms with Gasteiger partial charge in [-0.05, 0) is 32.9 Å². The number of ether oxygens (including phenoxy) is 2. The highest BCUT2D eigenvalue weighted by molar-refractivity contribution is 7.09. The molecule has 1 heterocycles. The van der Waals surface area contributed by atoms with Crippen LogP contribution >= 0.6 is 11.3 Å². The van der Waals surface area contributed by atoms with Gasteiger partial charge in [-0.3, -0.25) is 0 Å². The molecule has 20 heavy (non-hydrogen) atoms. The first kappa shape index (κ1) is 14.7. The number of nitrogens with zero attached hydrogens (tertiary/aromatic N) is 1. The maximum Gasteiger partial charge on any atom is 0.142 e. The van der Waals surface area contributed by atoms with Crippen LogP contribution in [0.15, 0.2) is 23.6 Å². The Kier molecular flexibility index (Phi) is 5.24. The second-order valence-electron chi connectivity index (χ2n) is 4.24. The molecule has 5 heteroatoms. The lowest BCUT2D eigenvalue weighted by molar-refractivity contribution is 0.332. The van der Waals surface area contributed by atoms with Crippen molar-refractivity contribution in [3.05, 3.63) is 34.3 Å². The summed E-state index contributed by atoms with van der Waals surface area (Å²) in [5.41, 5.74) is 1.97. The first-order valence-electron chi connectivity index (χ1n) is 6.77. The van der Waals surface area contributed by atoms with E-state index < -0.39 is 0 Å². The molecule has 1 aromatic carbocycles. The molecule has 0 saturated carbocycles. The highest BCUT2D eigenvalue weighted by Crippen LogP contribution is 2.30. The SMILES string of the molecule is CCOc1ccc(OCC)c(NCc2csc(C)n2)c1. The minimum atomic E-state index is 0.637. The Bertz CT molecular complexity index is 555. The standard InChI is InChI=1S/C15H20N2O2S/c1-4-18-13-6-7-15(19-5-2)14(8-13)16-9-12-10-20-11(3)17-12/h6-8,10,16H,4-5,9H2,1-3H3. The number of aromatic nitrogens is 1. The van der Waals surface area contributed by atoms with E-state index in [1.165, 1.54) is 0 Å². The molecular weight excluding hydrogens is 272 g/mol. The lowest BCUT2D eigenvalue weighted by atomic mass is 10.2. The molecule has 1 N–H and O–H groups in total. The van der Waals surface area contributed by atoms with Gasteiger partial charge < -0.3 is 14.8 Å². The monoisotopic (exact) mass is 292 g/mol. The molecule has 0 spiro atoms. The summed E-state index contributed by atoms with van der Waals surface area (Å²) in [4.78, 5) is 4.44. The van der Waals surface area contributed by atoms with Crippen LogP contribution in [0.2, 0.25) is 0 Å². The summed E-state index contributed by atoms with van der Waals surface area (Å²) in [6, 6.07) is 5.82. The van der Waals surface area contributed by atoms with E-state index in [2.05, 4.69) is 15.7 Å². The summed E-state index contributed by atoms with van der Waals surface area (Å²) in [5.74, 6) is 1.68. The summed E-state index contributed by atoms with van der Waals surface area (Å²) in [6.07, 6.45) is 0. The van der Waals surface area contributed by atoms with E-state index in [0.717, 1.165) is 27.9 Å². The Hall–Kier alpha value is -1.75. The lowest BCUT2D eigenvalue weighted by Gasteiger charge is -2.13. The third-order valence-electron chi connectivity index (χ3n) is 2.69. The van der Waals surface area contributed by atoms with E-state index in [9.17, 15) is 0 Å². The van der Waals surface area contributed by atoms with Crippen LogP contribution in [0.1, 0.15) is 24.5 Å². The van der Waals surface area contributed by atoms with Crippen molar-refractivity contribution >= 4 is 17.0 Å². The fourth-order valence-corrected chi connectivity index (χ4v) is 2.47. The number of benzene rings is 1. The quantitative estimate of drug-likeness (QED) is 0.841. The van der Waals surface area contributed by atoms with Crippen molar-refractivity contribution in [3.8, 4) is 11.5 Å². The van der Waals surface area contributed by atoms with Crippen molar-refractivity contribution < 1.29 is 9.47 Å². The zero-order chi connectivity index (χ0) is 14.4. The topological polar surface area (TPSA) is 43.4 Å². The lowest BCUT2D eigenvalue weighted by Crippen LogP contribution is -2.04. The van der Waals surface area contributed by atoms with Crippen molar-refractivity contribution in [2.24, 2.45) is 0 Å². The van der Waals surface area contributed by atoms with E-state index in [1.54, 1.807) is 11.3 Å². The summed E-state index contributed by atoms with van der Waals surface area (Å²) >= 11 is 1.66. The smallest absolute Gasteiger partial charge is 0.142 e. The van der Waals surface area contributed by atoms with Gasteiger partial charge in [-0.15, -0.1) is 11.3 Å². The number of thiazole rings is 1. The van der Waals surface area contributed by atoms with Crippen molar-refractivity contribution in [2.45, 2.75) is 27.3 Å². The van der Waals surface area contributed by atoms with Crippen molar-refractivity contribution in [3.63, 3.8) is 0 Å². The number of nitrogens with one attached hydrogen (secondary N) is 1. The Morgan fingerprint density at radius 1 is 1.20 bits per heavy atom. The Labute approximate surface area is 123 Å². The van der Waals surface area contributed by atoms with Crippen LogP contribution in [0, 0.1) is 6.92 Å². The molecule has 0 fully saturated rings. The maximum absolute atomic E-state index is 5.63. The minimum Gasteiger partial charge on any atom is -0.494 e. The van der Waals surface area contributed by atoms with Crippen molar-refractivity contribution in [1.29, 1.82) is 0 Å². The average molecular weight is 292 g/mol. The van der Waals surface area contributed by atoms with Gasteiger partial charge in [-0.1, -0.05) is 0 Å². The molecule has 108 valence electrons. The summed E-state index contributed by atoms with van der Waals surface area (Å²) in [5, 5.41) is 6.51. The Morgan fingerprint density at radius 3 is 2.65 bits per heavy atom.